The molecule has 0 spiro atoms. The summed E-state index contributed by atoms with van der Waals surface area (Å²) in [4.78, 5) is 15.2. The Kier molecular flexibility index (Phi) is 3.89. The molecule has 6 heteroatoms. The number of carbonyl (C=O) groups excluding carboxylic acids is 1. The van der Waals surface area contributed by atoms with E-state index in [-0.39, 0.29) is 17.4 Å². The van der Waals surface area contributed by atoms with Gasteiger partial charge in [0, 0.05) is 38.9 Å². The van der Waals surface area contributed by atoms with Crippen LogP contribution in [0.15, 0.2) is 10.6 Å². The molecule has 3 fully saturated rings. The van der Waals surface area contributed by atoms with E-state index in [4.69, 9.17) is 9.26 Å². The van der Waals surface area contributed by atoms with Crippen LogP contribution < -0.4 is 5.32 Å². The van der Waals surface area contributed by atoms with Crippen LogP contribution in [0.4, 0.5) is 0 Å². The van der Waals surface area contributed by atoms with Crippen molar-refractivity contribution in [1.82, 2.24) is 15.4 Å². The number of amides is 1. The Morgan fingerprint density at radius 1 is 1.48 bits per heavy atom. The van der Waals surface area contributed by atoms with Gasteiger partial charge in [0.15, 0.2) is 0 Å². The molecule has 2 atom stereocenters. The molecule has 1 aromatic heterocycles. The lowest BCUT2D eigenvalue weighted by Crippen LogP contribution is -2.57. The second-order valence-corrected chi connectivity index (χ2v) is 7.35. The number of likely N-dealkylation sites (tertiary alicyclic amines) is 1. The van der Waals surface area contributed by atoms with Gasteiger partial charge in [0.1, 0.15) is 5.76 Å². The Morgan fingerprint density at radius 2 is 2.35 bits per heavy atom. The predicted octanol–water partition coefficient (Wildman–Crippen LogP) is 1.49. The number of rotatable bonds is 5. The Bertz CT molecular complexity index is 583. The fourth-order valence-corrected chi connectivity index (χ4v) is 3.95. The minimum Gasteiger partial charge on any atom is -0.377 e. The summed E-state index contributed by atoms with van der Waals surface area (Å²) in [6.45, 7) is 5.85. The van der Waals surface area contributed by atoms with E-state index in [1.54, 1.807) is 0 Å². The maximum atomic E-state index is 12.9. The molecular weight excluding hydrogens is 294 g/mol. The van der Waals surface area contributed by atoms with E-state index in [1.165, 1.54) is 12.8 Å². The third-order valence-corrected chi connectivity index (χ3v) is 5.46. The van der Waals surface area contributed by atoms with Crippen LogP contribution in [0.1, 0.15) is 37.1 Å². The summed E-state index contributed by atoms with van der Waals surface area (Å²) in [6.07, 6.45) is 4.31. The van der Waals surface area contributed by atoms with Gasteiger partial charge in [-0.2, -0.15) is 0 Å². The highest BCUT2D eigenvalue weighted by Crippen LogP contribution is 2.41. The molecular formula is C17H25N3O3. The second kappa shape index (κ2) is 5.91. The highest BCUT2D eigenvalue weighted by atomic mass is 16.5. The largest absolute Gasteiger partial charge is 0.377 e. The molecule has 4 rings (SSSR count). The lowest BCUT2D eigenvalue weighted by Gasteiger charge is -2.42. The quantitative estimate of drug-likeness (QED) is 0.890. The van der Waals surface area contributed by atoms with Crippen LogP contribution >= 0.6 is 0 Å². The summed E-state index contributed by atoms with van der Waals surface area (Å²) < 4.78 is 11.0. The van der Waals surface area contributed by atoms with E-state index in [0.717, 1.165) is 50.5 Å². The zero-order chi connectivity index (χ0) is 15.9. The Hall–Kier alpha value is -1.40. The molecule has 2 saturated heterocycles. The molecule has 23 heavy (non-hydrogen) atoms. The second-order valence-electron chi connectivity index (χ2n) is 7.35. The number of carbonyl (C=O) groups is 1. The summed E-state index contributed by atoms with van der Waals surface area (Å²) >= 11 is 0. The Morgan fingerprint density at radius 3 is 3.09 bits per heavy atom. The van der Waals surface area contributed by atoms with E-state index in [1.807, 2.05) is 13.0 Å². The molecule has 0 radical (unpaired) electrons. The zero-order valence-corrected chi connectivity index (χ0v) is 13.7. The van der Waals surface area contributed by atoms with Crippen molar-refractivity contribution in [2.24, 2.45) is 11.3 Å². The lowest BCUT2D eigenvalue weighted by molar-refractivity contribution is -0.139. The van der Waals surface area contributed by atoms with Gasteiger partial charge in [0.2, 0.25) is 5.91 Å². The van der Waals surface area contributed by atoms with Gasteiger partial charge in [-0.15, -0.1) is 0 Å². The third-order valence-electron chi connectivity index (χ3n) is 5.46. The van der Waals surface area contributed by atoms with Crippen LogP contribution in [-0.2, 0) is 16.1 Å². The average Bonchev–Trinajstić information content (AvgIpc) is 3.13. The van der Waals surface area contributed by atoms with Crippen LogP contribution in [0.5, 0.6) is 0 Å². The first-order chi connectivity index (χ1) is 11.2. The number of fused-ring (bicyclic) bond motifs is 1. The summed E-state index contributed by atoms with van der Waals surface area (Å²) in [5.74, 6) is 1.72. The van der Waals surface area contributed by atoms with Crippen LogP contribution in [0, 0.1) is 18.3 Å². The molecule has 1 aromatic rings. The number of aryl methyl sites for hydroxylation is 1. The van der Waals surface area contributed by atoms with Gasteiger partial charge in [-0.05, 0) is 38.5 Å². The maximum absolute atomic E-state index is 12.9. The van der Waals surface area contributed by atoms with E-state index < -0.39 is 0 Å². The lowest BCUT2D eigenvalue weighted by atomic mass is 9.75. The van der Waals surface area contributed by atoms with Crippen LogP contribution in [0.25, 0.3) is 0 Å². The van der Waals surface area contributed by atoms with E-state index in [0.29, 0.717) is 12.5 Å². The molecule has 3 aliphatic rings. The molecule has 1 N–H and O–H groups in total. The van der Waals surface area contributed by atoms with Crippen molar-refractivity contribution in [3.05, 3.63) is 17.5 Å². The minimum absolute atomic E-state index is 0.0667. The highest BCUT2D eigenvalue weighted by molar-refractivity contribution is 5.84. The fourth-order valence-electron chi connectivity index (χ4n) is 3.95. The molecule has 0 unspecified atom stereocenters. The number of hydrogen-bond acceptors (Lipinski definition) is 5. The van der Waals surface area contributed by atoms with Gasteiger partial charge < -0.3 is 14.6 Å². The molecule has 0 aromatic carbocycles. The van der Waals surface area contributed by atoms with Crippen molar-refractivity contribution in [3.63, 3.8) is 0 Å². The summed E-state index contributed by atoms with van der Waals surface area (Å²) in [6, 6.07) is 1.97. The number of piperidine rings is 1. The summed E-state index contributed by atoms with van der Waals surface area (Å²) in [5.41, 5.74) is 0.555. The van der Waals surface area contributed by atoms with Crippen molar-refractivity contribution in [2.45, 2.75) is 45.3 Å². The maximum Gasteiger partial charge on any atom is 0.230 e. The van der Waals surface area contributed by atoms with E-state index in [2.05, 4.69) is 15.4 Å². The smallest absolute Gasteiger partial charge is 0.230 e. The molecule has 126 valence electrons. The number of nitrogens with zero attached hydrogens (tertiary/aromatic N) is 2. The number of nitrogens with one attached hydrogen (secondary N) is 1. The van der Waals surface area contributed by atoms with Gasteiger partial charge in [-0.25, -0.2) is 0 Å². The first-order valence-corrected chi connectivity index (χ1v) is 8.70. The minimum atomic E-state index is -0.383. The van der Waals surface area contributed by atoms with Gasteiger partial charge in [0.05, 0.1) is 17.2 Å². The Balaban J connectivity index is 1.45. The standard InChI is InChI=1S/C17H25N3O3/c1-12-8-14(19-23-12)10-20-6-4-15-17(11-20,5-7-22-15)16(21)18-9-13-2-3-13/h8,13,15H,2-7,9-11H2,1H3,(H,18,21)/t15-,17-/m1/s1. The topological polar surface area (TPSA) is 67.6 Å². The first-order valence-electron chi connectivity index (χ1n) is 8.70. The van der Waals surface area contributed by atoms with E-state index in [9.17, 15) is 4.79 Å². The predicted molar refractivity (Wildman–Crippen MR) is 83.7 cm³/mol. The molecule has 3 heterocycles. The average molecular weight is 319 g/mol. The molecule has 2 aliphatic heterocycles. The van der Waals surface area contributed by atoms with Crippen molar-refractivity contribution in [1.29, 1.82) is 0 Å². The molecule has 0 bridgehead atoms. The van der Waals surface area contributed by atoms with E-state index >= 15 is 0 Å². The monoisotopic (exact) mass is 319 g/mol. The zero-order valence-electron chi connectivity index (χ0n) is 13.7. The molecule has 6 nitrogen and oxygen atoms in total. The van der Waals surface area contributed by atoms with Crippen LogP contribution in [0.2, 0.25) is 0 Å². The van der Waals surface area contributed by atoms with Crippen molar-refractivity contribution in [2.75, 3.05) is 26.2 Å². The number of ether oxygens (including phenoxy) is 1. The first kappa shape index (κ1) is 15.1. The highest BCUT2D eigenvalue weighted by Gasteiger charge is 2.53. The molecule has 1 aliphatic carbocycles. The summed E-state index contributed by atoms with van der Waals surface area (Å²) in [5, 5.41) is 7.27. The summed E-state index contributed by atoms with van der Waals surface area (Å²) in [7, 11) is 0. The SMILES string of the molecule is Cc1cc(CN2CC[C@H]3OCC[C@@]3(C(=O)NCC3CC3)C2)no1. The molecule has 1 amide bonds. The van der Waals surface area contributed by atoms with Gasteiger partial charge in [-0.1, -0.05) is 5.16 Å². The number of aromatic nitrogens is 1. The van der Waals surface area contributed by atoms with Gasteiger partial charge in [-0.3, -0.25) is 9.69 Å². The fraction of sp³-hybridized carbons (Fsp3) is 0.765. The van der Waals surface area contributed by atoms with Crippen LogP contribution in [0.3, 0.4) is 0 Å². The van der Waals surface area contributed by atoms with Crippen LogP contribution in [-0.4, -0.2) is 48.3 Å². The van der Waals surface area contributed by atoms with Crippen molar-refractivity contribution in [3.8, 4) is 0 Å². The molecule has 1 saturated carbocycles. The van der Waals surface area contributed by atoms with Gasteiger partial charge in [0.25, 0.3) is 0 Å². The number of hydrogen-bond donors (Lipinski definition) is 1. The van der Waals surface area contributed by atoms with Crippen molar-refractivity contribution < 1.29 is 14.1 Å². The normalized spacial score (nSPS) is 31.1. The van der Waals surface area contributed by atoms with Crippen molar-refractivity contribution >= 4 is 5.91 Å². The Labute approximate surface area is 136 Å². The van der Waals surface area contributed by atoms with Gasteiger partial charge >= 0.3 is 0 Å². The third kappa shape index (κ3) is 3.02.